The maximum atomic E-state index is 11.8. The molecule has 1 heterocycles. The fraction of sp³-hybridized carbons (Fsp3) is 0.588. The Morgan fingerprint density at radius 1 is 1.30 bits per heavy atom. The molecule has 6 heteroatoms. The summed E-state index contributed by atoms with van der Waals surface area (Å²) in [4.78, 5) is 16.2. The van der Waals surface area contributed by atoms with E-state index in [2.05, 4.69) is 34.7 Å². The number of hydrogen-bond donors (Lipinski definition) is 1. The van der Waals surface area contributed by atoms with Gasteiger partial charge in [0, 0.05) is 43.3 Å². The molecule has 0 radical (unpaired) electrons. The van der Waals surface area contributed by atoms with Crippen molar-refractivity contribution in [3.05, 3.63) is 34.3 Å². The first-order chi connectivity index (χ1) is 10.9. The molecule has 2 rings (SSSR count). The molecule has 0 bridgehead atoms. The van der Waals surface area contributed by atoms with E-state index in [1.165, 1.54) is 0 Å². The fourth-order valence-electron chi connectivity index (χ4n) is 3.21. The quantitative estimate of drug-likeness (QED) is 0.816. The maximum Gasteiger partial charge on any atom is 0.325 e. The van der Waals surface area contributed by atoms with Gasteiger partial charge in [-0.3, -0.25) is 14.6 Å². The second-order valence-electron chi connectivity index (χ2n) is 6.53. The van der Waals surface area contributed by atoms with Gasteiger partial charge in [0.2, 0.25) is 0 Å². The molecular weight excluding hydrogens is 360 g/mol. The van der Waals surface area contributed by atoms with Gasteiger partial charge >= 0.3 is 5.97 Å². The molecule has 0 aromatic heterocycles. The fourth-order valence-corrected chi connectivity index (χ4v) is 3.71. The smallest absolute Gasteiger partial charge is 0.325 e. The molecule has 1 aromatic carbocycles. The third kappa shape index (κ3) is 4.32. The van der Waals surface area contributed by atoms with Gasteiger partial charge in [-0.2, -0.15) is 0 Å². The molecule has 1 N–H and O–H groups in total. The Morgan fingerprint density at radius 2 is 1.91 bits per heavy atom. The average molecular weight is 385 g/mol. The van der Waals surface area contributed by atoms with E-state index in [9.17, 15) is 9.90 Å². The van der Waals surface area contributed by atoms with Crippen LogP contribution in [0.15, 0.2) is 28.7 Å². The number of hydrogen-bond acceptors (Lipinski definition) is 4. The normalized spacial score (nSPS) is 18.8. The molecule has 0 aliphatic carbocycles. The van der Waals surface area contributed by atoms with E-state index >= 15 is 0 Å². The predicted molar refractivity (Wildman–Crippen MR) is 93.6 cm³/mol. The summed E-state index contributed by atoms with van der Waals surface area (Å²) in [6.07, 6.45) is 0. The topological polar surface area (TPSA) is 53.0 Å². The summed E-state index contributed by atoms with van der Waals surface area (Å²) in [6, 6.07) is 6.94. The van der Waals surface area contributed by atoms with E-state index in [0.717, 1.165) is 36.2 Å². The number of ether oxygens (including phenoxy) is 1. The monoisotopic (exact) mass is 384 g/mol. The minimum atomic E-state index is -0.804. The highest BCUT2D eigenvalue weighted by molar-refractivity contribution is 9.10. The number of halogens is 1. The lowest BCUT2D eigenvalue weighted by Gasteiger charge is -2.45. The standard InChI is InChI=1S/C17H25BrN2O3/c1-17(2,12-23-3)20-10-8-19(9-11-20)15(16(21)22)13-6-4-5-7-14(13)18/h4-7,15H,8-12H2,1-3H3,(H,21,22). The van der Waals surface area contributed by atoms with Crippen molar-refractivity contribution in [1.82, 2.24) is 9.80 Å². The van der Waals surface area contributed by atoms with Gasteiger partial charge < -0.3 is 9.84 Å². The highest BCUT2D eigenvalue weighted by Gasteiger charge is 2.35. The van der Waals surface area contributed by atoms with Crippen molar-refractivity contribution in [1.29, 1.82) is 0 Å². The van der Waals surface area contributed by atoms with E-state index in [0.29, 0.717) is 6.61 Å². The average Bonchev–Trinajstić information content (AvgIpc) is 2.50. The molecule has 1 unspecified atom stereocenters. The van der Waals surface area contributed by atoms with Crippen LogP contribution in [0, 0.1) is 0 Å². The zero-order valence-electron chi connectivity index (χ0n) is 14.0. The van der Waals surface area contributed by atoms with Crippen LogP contribution in [0.4, 0.5) is 0 Å². The van der Waals surface area contributed by atoms with E-state index < -0.39 is 12.0 Å². The second-order valence-corrected chi connectivity index (χ2v) is 7.39. The Bertz CT molecular complexity index is 542. The van der Waals surface area contributed by atoms with Gasteiger partial charge in [-0.05, 0) is 25.5 Å². The molecular formula is C17H25BrN2O3. The largest absolute Gasteiger partial charge is 0.480 e. The number of carboxylic acid groups (broad SMARTS) is 1. The number of nitrogens with zero attached hydrogens (tertiary/aromatic N) is 2. The lowest BCUT2D eigenvalue weighted by molar-refractivity contribution is -0.145. The molecule has 23 heavy (non-hydrogen) atoms. The SMILES string of the molecule is COCC(C)(C)N1CCN(C(C(=O)O)c2ccccc2Br)CC1. The summed E-state index contributed by atoms with van der Waals surface area (Å²) < 4.78 is 6.14. The van der Waals surface area contributed by atoms with Crippen molar-refractivity contribution in [2.45, 2.75) is 25.4 Å². The van der Waals surface area contributed by atoms with Crippen LogP contribution in [-0.2, 0) is 9.53 Å². The summed E-state index contributed by atoms with van der Waals surface area (Å²) in [5, 5.41) is 9.72. The van der Waals surface area contributed by atoms with Crippen LogP contribution >= 0.6 is 15.9 Å². The van der Waals surface area contributed by atoms with E-state index in [4.69, 9.17) is 4.74 Å². The Hall–Kier alpha value is -0.950. The van der Waals surface area contributed by atoms with Crippen molar-refractivity contribution in [2.75, 3.05) is 39.9 Å². The molecule has 5 nitrogen and oxygen atoms in total. The van der Waals surface area contributed by atoms with Crippen molar-refractivity contribution in [3.63, 3.8) is 0 Å². The van der Waals surface area contributed by atoms with Gasteiger partial charge in [0.1, 0.15) is 6.04 Å². The first kappa shape index (κ1) is 18.4. The van der Waals surface area contributed by atoms with E-state index in [-0.39, 0.29) is 5.54 Å². The second kappa shape index (κ2) is 7.75. The first-order valence-corrected chi connectivity index (χ1v) is 8.61. The molecule has 128 valence electrons. The highest BCUT2D eigenvalue weighted by atomic mass is 79.9. The zero-order valence-corrected chi connectivity index (χ0v) is 15.5. The molecule has 1 aliphatic rings. The van der Waals surface area contributed by atoms with Crippen LogP contribution in [0.3, 0.4) is 0 Å². The summed E-state index contributed by atoms with van der Waals surface area (Å²) in [5.74, 6) is -0.804. The Kier molecular flexibility index (Phi) is 6.19. The molecule has 0 spiro atoms. The molecule has 1 saturated heterocycles. The van der Waals surface area contributed by atoms with E-state index in [1.807, 2.05) is 29.2 Å². The minimum absolute atomic E-state index is 0.0348. The molecule has 0 saturated carbocycles. The Morgan fingerprint density at radius 3 is 2.43 bits per heavy atom. The van der Waals surface area contributed by atoms with Crippen molar-refractivity contribution < 1.29 is 14.6 Å². The summed E-state index contributed by atoms with van der Waals surface area (Å²) >= 11 is 3.48. The number of benzene rings is 1. The minimum Gasteiger partial charge on any atom is -0.480 e. The summed E-state index contributed by atoms with van der Waals surface area (Å²) in [7, 11) is 1.71. The molecule has 0 amide bonds. The van der Waals surface area contributed by atoms with Crippen LogP contribution in [0.1, 0.15) is 25.5 Å². The van der Waals surface area contributed by atoms with Gasteiger partial charge in [0.15, 0.2) is 0 Å². The van der Waals surface area contributed by atoms with Crippen molar-refractivity contribution in [2.24, 2.45) is 0 Å². The molecule has 1 atom stereocenters. The molecule has 1 aliphatic heterocycles. The zero-order chi connectivity index (χ0) is 17.0. The lowest BCUT2D eigenvalue weighted by atomic mass is 10.0. The van der Waals surface area contributed by atoms with Gasteiger partial charge in [0.05, 0.1) is 6.61 Å². The van der Waals surface area contributed by atoms with Gasteiger partial charge in [0.25, 0.3) is 0 Å². The summed E-state index contributed by atoms with van der Waals surface area (Å²) in [6.45, 7) is 8.12. The van der Waals surface area contributed by atoms with Crippen LogP contribution in [-0.4, -0.2) is 66.3 Å². The lowest BCUT2D eigenvalue weighted by Crippen LogP contribution is -2.57. The third-order valence-corrected chi connectivity index (χ3v) is 5.19. The number of carbonyl (C=O) groups is 1. The maximum absolute atomic E-state index is 11.8. The number of rotatable bonds is 6. The van der Waals surface area contributed by atoms with Crippen LogP contribution in [0.25, 0.3) is 0 Å². The third-order valence-electron chi connectivity index (χ3n) is 4.47. The number of carboxylic acids is 1. The van der Waals surface area contributed by atoms with Gasteiger partial charge in [-0.25, -0.2) is 0 Å². The van der Waals surface area contributed by atoms with Crippen molar-refractivity contribution in [3.8, 4) is 0 Å². The van der Waals surface area contributed by atoms with E-state index in [1.54, 1.807) is 7.11 Å². The number of piperazine rings is 1. The van der Waals surface area contributed by atoms with Gasteiger partial charge in [-0.1, -0.05) is 34.1 Å². The number of methoxy groups -OCH3 is 1. The highest BCUT2D eigenvalue weighted by Crippen LogP contribution is 2.30. The molecule has 1 aromatic rings. The van der Waals surface area contributed by atoms with Crippen molar-refractivity contribution >= 4 is 21.9 Å². The van der Waals surface area contributed by atoms with Crippen LogP contribution in [0.2, 0.25) is 0 Å². The number of aliphatic carboxylic acids is 1. The Balaban J connectivity index is 2.10. The first-order valence-electron chi connectivity index (χ1n) is 7.82. The summed E-state index contributed by atoms with van der Waals surface area (Å²) in [5.41, 5.74) is 0.775. The van der Waals surface area contributed by atoms with Gasteiger partial charge in [-0.15, -0.1) is 0 Å². The molecule has 1 fully saturated rings. The Labute approximate surface area is 146 Å². The van der Waals surface area contributed by atoms with Crippen LogP contribution < -0.4 is 0 Å². The van der Waals surface area contributed by atoms with Crippen LogP contribution in [0.5, 0.6) is 0 Å². The predicted octanol–water partition coefficient (Wildman–Crippen LogP) is 2.62.